The molecule has 0 unspecified atom stereocenters. The Labute approximate surface area is 122 Å². The van der Waals surface area contributed by atoms with Gasteiger partial charge in [0.25, 0.3) is 0 Å². The molecule has 1 aromatic carbocycles. The summed E-state index contributed by atoms with van der Waals surface area (Å²) in [6.45, 7) is 0.315. The lowest BCUT2D eigenvalue weighted by Gasteiger charge is -2.01. The summed E-state index contributed by atoms with van der Waals surface area (Å²) in [5, 5.41) is 1.76. The molecular weight excluding hydrogens is 298 g/mol. The molecule has 0 spiro atoms. The van der Waals surface area contributed by atoms with Crippen LogP contribution in [0.4, 0.5) is 0 Å². The Hall–Kier alpha value is -1.63. The van der Waals surface area contributed by atoms with Crippen LogP contribution in [0.1, 0.15) is 11.3 Å². The third-order valence-electron chi connectivity index (χ3n) is 2.56. The van der Waals surface area contributed by atoms with Gasteiger partial charge >= 0.3 is 0 Å². The van der Waals surface area contributed by atoms with Gasteiger partial charge in [-0.2, -0.15) is 0 Å². The Kier molecular flexibility index (Phi) is 4.94. The van der Waals surface area contributed by atoms with Gasteiger partial charge in [-0.05, 0) is 23.8 Å². The van der Waals surface area contributed by atoms with Gasteiger partial charge in [0.1, 0.15) is 0 Å². The van der Waals surface area contributed by atoms with E-state index >= 15 is 0 Å². The second kappa shape index (κ2) is 6.69. The number of nitrogens with one attached hydrogen (secondary N) is 2. The molecule has 0 aliphatic heterocycles. The number of aromatic amines is 1. The van der Waals surface area contributed by atoms with Crippen molar-refractivity contribution in [3.8, 4) is 0 Å². The zero-order valence-corrected chi connectivity index (χ0v) is 12.2. The van der Waals surface area contributed by atoms with E-state index in [1.807, 2.05) is 0 Å². The number of H-pyrrole nitrogens is 1. The van der Waals surface area contributed by atoms with Crippen LogP contribution in [-0.2, 0) is 16.4 Å². The summed E-state index contributed by atoms with van der Waals surface area (Å²) in [6, 6.07) is 6.91. The Morgan fingerprint density at radius 3 is 2.70 bits per heavy atom. The van der Waals surface area contributed by atoms with Gasteiger partial charge in [-0.3, -0.25) is 0 Å². The molecule has 0 fully saturated rings. The van der Waals surface area contributed by atoms with Crippen LogP contribution in [0.3, 0.4) is 0 Å². The SMILES string of the molecule is O=S(=O)(C=Cc1ccc(Cl)cc1)NCCc1cnc[nH]1. The van der Waals surface area contributed by atoms with E-state index in [-0.39, 0.29) is 0 Å². The second-order valence-electron chi connectivity index (χ2n) is 4.12. The van der Waals surface area contributed by atoms with Crippen LogP contribution >= 0.6 is 11.6 Å². The molecule has 7 heteroatoms. The van der Waals surface area contributed by atoms with E-state index in [9.17, 15) is 8.42 Å². The van der Waals surface area contributed by atoms with E-state index in [0.717, 1.165) is 16.7 Å². The van der Waals surface area contributed by atoms with E-state index in [2.05, 4.69) is 14.7 Å². The third-order valence-corrected chi connectivity index (χ3v) is 3.91. The quantitative estimate of drug-likeness (QED) is 0.858. The zero-order valence-electron chi connectivity index (χ0n) is 10.6. The van der Waals surface area contributed by atoms with Gasteiger partial charge in [0.05, 0.1) is 6.33 Å². The van der Waals surface area contributed by atoms with Crippen molar-refractivity contribution in [2.45, 2.75) is 6.42 Å². The number of benzene rings is 1. The molecule has 0 aliphatic carbocycles. The molecule has 2 N–H and O–H groups in total. The number of hydrogen-bond donors (Lipinski definition) is 2. The molecule has 0 amide bonds. The van der Waals surface area contributed by atoms with E-state index in [0.29, 0.717) is 18.0 Å². The fourth-order valence-corrected chi connectivity index (χ4v) is 2.48. The van der Waals surface area contributed by atoms with E-state index in [1.165, 1.54) is 6.08 Å². The van der Waals surface area contributed by atoms with Gasteiger partial charge in [0.2, 0.25) is 10.0 Å². The Bertz CT molecular complexity index is 664. The standard InChI is InChI=1S/C13H14ClN3O2S/c14-12-3-1-11(2-4-12)6-8-20(18,19)17-7-5-13-9-15-10-16-13/h1-4,6,8-10,17H,5,7H2,(H,15,16). The molecule has 5 nitrogen and oxygen atoms in total. The largest absolute Gasteiger partial charge is 0.348 e. The zero-order chi connectivity index (χ0) is 14.4. The number of aromatic nitrogens is 2. The Balaban J connectivity index is 1.88. The molecule has 1 heterocycles. The van der Waals surface area contributed by atoms with Crippen molar-refractivity contribution in [2.24, 2.45) is 0 Å². The highest BCUT2D eigenvalue weighted by Crippen LogP contribution is 2.11. The molecule has 0 radical (unpaired) electrons. The van der Waals surface area contributed by atoms with Crippen LogP contribution < -0.4 is 4.72 Å². The summed E-state index contributed by atoms with van der Waals surface area (Å²) in [5.74, 6) is 0. The van der Waals surface area contributed by atoms with E-state index < -0.39 is 10.0 Å². The lowest BCUT2D eigenvalue weighted by Crippen LogP contribution is -2.23. The Morgan fingerprint density at radius 1 is 1.30 bits per heavy atom. The van der Waals surface area contributed by atoms with Gasteiger partial charge in [-0.15, -0.1) is 0 Å². The van der Waals surface area contributed by atoms with Crippen LogP contribution in [0.2, 0.25) is 5.02 Å². The topological polar surface area (TPSA) is 74.8 Å². The van der Waals surface area contributed by atoms with Crippen LogP contribution in [0.25, 0.3) is 6.08 Å². The first-order valence-electron chi connectivity index (χ1n) is 5.96. The van der Waals surface area contributed by atoms with Gasteiger partial charge in [0, 0.05) is 35.3 Å². The highest BCUT2D eigenvalue weighted by atomic mass is 35.5. The molecule has 2 aromatic rings. The summed E-state index contributed by atoms with van der Waals surface area (Å²) in [6.07, 6.45) is 5.31. The van der Waals surface area contributed by atoms with Crippen LogP contribution in [0.5, 0.6) is 0 Å². The van der Waals surface area contributed by atoms with Crippen molar-refractivity contribution in [3.63, 3.8) is 0 Å². The molecule has 0 atom stereocenters. The van der Waals surface area contributed by atoms with Gasteiger partial charge in [-0.1, -0.05) is 23.7 Å². The number of nitrogens with zero attached hydrogens (tertiary/aromatic N) is 1. The number of sulfonamides is 1. The molecule has 106 valence electrons. The monoisotopic (exact) mass is 311 g/mol. The minimum atomic E-state index is -3.44. The average molecular weight is 312 g/mol. The van der Waals surface area contributed by atoms with E-state index in [1.54, 1.807) is 36.8 Å². The molecule has 0 aliphatic rings. The number of halogens is 1. The van der Waals surface area contributed by atoms with Gasteiger partial charge in [0.15, 0.2) is 0 Å². The minimum absolute atomic E-state index is 0.315. The maximum atomic E-state index is 11.7. The minimum Gasteiger partial charge on any atom is -0.348 e. The van der Waals surface area contributed by atoms with E-state index in [4.69, 9.17) is 11.6 Å². The first-order chi connectivity index (χ1) is 9.55. The maximum Gasteiger partial charge on any atom is 0.233 e. The second-order valence-corrected chi connectivity index (χ2v) is 6.21. The highest BCUT2D eigenvalue weighted by Gasteiger charge is 2.04. The summed E-state index contributed by atoms with van der Waals surface area (Å²) < 4.78 is 26.0. The first kappa shape index (κ1) is 14.8. The van der Waals surface area contributed by atoms with Crippen molar-refractivity contribution in [1.82, 2.24) is 14.7 Å². The summed E-state index contributed by atoms with van der Waals surface area (Å²) in [4.78, 5) is 6.77. The van der Waals surface area contributed by atoms with Gasteiger partial charge < -0.3 is 4.98 Å². The molecular formula is C13H14ClN3O2S. The number of imidazole rings is 1. The lowest BCUT2D eigenvalue weighted by atomic mass is 10.2. The highest BCUT2D eigenvalue weighted by molar-refractivity contribution is 7.92. The maximum absolute atomic E-state index is 11.7. The van der Waals surface area contributed by atoms with Crippen molar-refractivity contribution in [1.29, 1.82) is 0 Å². The summed E-state index contributed by atoms with van der Waals surface area (Å²) >= 11 is 5.76. The fourth-order valence-electron chi connectivity index (χ4n) is 1.54. The lowest BCUT2D eigenvalue weighted by molar-refractivity contribution is 0.591. The van der Waals surface area contributed by atoms with Crippen LogP contribution in [0, 0.1) is 0 Å². The molecule has 0 saturated carbocycles. The molecule has 1 aromatic heterocycles. The predicted octanol–water partition coefficient (Wildman–Crippen LogP) is 2.20. The number of rotatable bonds is 6. The van der Waals surface area contributed by atoms with Crippen molar-refractivity contribution in [2.75, 3.05) is 6.54 Å². The van der Waals surface area contributed by atoms with Gasteiger partial charge in [-0.25, -0.2) is 18.1 Å². The third kappa shape index (κ3) is 4.80. The summed E-state index contributed by atoms with van der Waals surface area (Å²) in [7, 11) is -3.44. The van der Waals surface area contributed by atoms with Crippen molar-refractivity contribution < 1.29 is 8.42 Å². The van der Waals surface area contributed by atoms with Crippen molar-refractivity contribution >= 4 is 27.7 Å². The molecule has 0 bridgehead atoms. The van der Waals surface area contributed by atoms with Crippen LogP contribution in [-0.4, -0.2) is 24.9 Å². The van der Waals surface area contributed by atoms with Crippen LogP contribution in [0.15, 0.2) is 42.2 Å². The molecule has 2 rings (SSSR count). The Morgan fingerprint density at radius 2 is 2.05 bits per heavy atom. The predicted molar refractivity (Wildman–Crippen MR) is 79.7 cm³/mol. The summed E-state index contributed by atoms with van der Waals surface area (Å²) in [5.41, 5.74) is 1.66. The average Bonchev–Trinajstić information content (AvgIpc) is 2.91. The normalized spacial score (nSPS) is 12.1. The number of hydrogen-bond acceptors (Lipinski definition) is 3. The smallest absolute Gasteiger partial charge is 0.233 e. The first-order valence-corrected chi connectivity index (χ1v) is 7.88. The fraction of sp³-hybridized carbons (Fsp3) is 0.154. The van der Waals surface area contributed by atoms with Crippen molar-refractivity contribution in [3.05, 3.63) is 58.5 Å². The molecule has 20 heavy (non-hydrogen) atoms. The molecule has 0 saturated heterocycles.